The van der Waals surface area contributed by atoms with Gasteiger partial charge in [0.25, 0.3) is 5.91 Å². The number of nitrogens with one attached hydrogen (secondary N) is 2. The molecular formula is C23H28BrN7O2. The number of benzene rings is 1. The molecule has 2 aromatic heterocycles. The minimum absolute atomic E-state index is 0.103. The van der Waals surface area contributed by atoms with Crippen LogP contribution >= 0.6 is 15.9 Å². The van der Waals surface area contributed by atoms with Crippen LogP contribution in [0.2, 0.25) is 0 Å². The Kier molecular flexibility index (Phi) is 6.83. The van der Waals surface area contributed by atoms with Crippen molar-refractivity contribution in [3.05, 3.63) is 52.3 Å². The van der Waals surface area contributed by atoms with E-state index >= 15 is 0 Å². The number of pyridine rings is 1. The van der Waals surface area contributed by atoms with Gasteiger partial charge in [-0.2, -0.15) is 5.10 Å². The lowest BCUT2D eigenvalue weighted by Crippen LogP contribution is -2.45. The number of piperidine rings is 1. The minimum atomic E-state index is -0.397. The first kappa shape index (κ1) is 23.0. The van der Waals surface area contributed by atoms with Gasteiger partial charge < -0.3 is 21.3 Å². The van der Waals surface area contributed by atoms with Gasteiger partial charge in [-0.25, -0.2) is 14.5 Å². The second-order valence-corrected chi connectivity index (χ2v) is 9.15. The van der Waals surface area contributed by atoms with E-state index in [1.807, 2.05) is 42.8 Å². The molecule has 3 amide bonds. The number of hydrogen-bond donors (Lipinski definition) is 3. The van der Waals surface area contributed by atoms with Crippen LogP contribution in [-0.4, -0.2) is 50.7 Å². The van der Waals surface area contributed by atoms with Gasteiger partial charge >= 0.3 is 6.03 Å². The molecule has 3 heterocycles. The third-order valence-corrected chi connectivity index (χ3v) is 6.61. The number of anilines is 1. The lowest BCUT2D eigenvalue weighted by Gasteiger charge is -2.32. The van der Waals surface area contributed by atoms with Gasteiger partial charge in [0.05, 0.1) is 28.9 Å². The van der Waals surface area contributed by atoms with Crippen molar-refractivity contribution in [3.63, 3.8) is 0 Å². The molecule has 4 rings (SSSR count). The number of carbonyl (C=O) groups is 2. The van der Waals surface area contributed by atoms with Crippen molar-refractivity contribution < 1.29 is 9.59 Å². The van der Waals surface area contributed by atoms with Crippen LogP contribution in [0, 0.1) is 0 Å². The number of nitrogens with zero attached hydrogens (tertiary/aromatic N) is 4. The van der Waals surface area contributed by atoms with E-state index in [2.05, 4.69) is 36.6 Å². The molecule has 1 aromatic carbocycles. The smallest absolute Gasteiger partial charge is 0.314 e. The van der Waals surface area contributed by atoms with Crippen molar-refractivity contribution in [2.75, 3.05) is 18.4 Å². The highest BCUT2D eigenvalue weighted by atomic mass is 79.9. The van der Waals surface area contributed by atoms with Crippen LogP contribution in [0.25, 0.3) is 11.0 Å². The van der Waals surface area contributed by atoms with Gasteiger partial charge in [0.15, 0.2) is 5.65 Å². The molecule has 0 saturated carbocycles. The summed E-state index contributed by atoms with van der Waals surface area (Å²) < 4.78 is 2.80. The number of carbonyl (C=O) groups excluding carboxylic acids is 2. The first-order valence-corrected chi connectivity index (χ1v) is 11.9. The summed E-state index contributed by atoms with van der Waals surface area (Å²) in [5.41, 5.74) is 8.34. The zero-order chi connectivity index (χ0) is 23.5. The van der Waals surface area contributed by atoms with E-state index in [0.717, 1.165) is 39.6 Å². The molecule has 1 aliphatic heterocycles. The third-order valence-electron chi connectivity index (χ3n) is 6.08. The molecule has 1 atom stereocenters. The van der Waals surface area contributed by atoms with Gasteiger partial charge in [-0.15, -0.1) is 0 Å². The highest BCUT2D eigenvalue weighted by Gasteiger charge is 2.25. The summed E-state index contributed by atoms with van der Waals surface area (Å²) in [6.07, 6.45) is 4.85. The highest BCUT2D eigenvalue weighted by Crippen LogP contribution is 2.29. The summed E-state index contributed by atoms with van der Waals surface area (Å²) in [5, 5.41) is 11.9. The summed E-state index contributed by atoms with van der Waals surface area (Å²) in [6.45, 7) is 5.80. The Hall–Kier alpha value is -3.14. The number of amides is 3. The molecule has 9 nitrogen and oxygen atoms in total. The fraction of sp³-hybridized carbons (Fsp3) is 0.391. The van der Waals surface area contributed by atoms with Crippen LogP contribution in [-0.2, 0) is 6.54 Å². The SMILES string of the molecule is CCn1ncc2c(NC3CCN(C(N)=O)CC3)c(C(=O)N[C@H](C)c3ccc(Br)cc3)cnc21. The van der Waals surface area contributed by atoms with E-state index in [1.165, 1.54) is 0 Å². The molecule has 0 radical (unpaired) electrons. The fourth-order valence-corrected chi connectivity index (χ4v) is 4.41. The van der Waals surface area contributed by atoms with Gasteiger partial charge in [-0.3, -0.25) is 4.79 Å². The Morgan fingerprint density at radius 2 is 1.91 bits per heavy atom. The number of aromatic nitrogens is 3. The fourth-order valence-electron chi connectivity index (χ4n) is 4.14. The van der Waals surface area contributed by atoms with Crippen molar-refractivity contribution in [1.82, 2.24) is 25.0 Å². The molecule has 0 unspecified atom stereocenters. The average molecular weight is 514 g/mol. The number of hydrogen-bond acceptors (Lipinski definition) is 5. The molecule has 0 spiro atoms. The zero-order valence-corrected chi connectivity index (χ0v) is 20.3. The predicted molar refractivity (Wildman–Crippen MR) is 131 cm³/mol. The number of urea groups is 1. The first-order valence-electron chi connectivity index (χ1n) is 11.1. The standard InChI is InChI=1S/C23H28BrN7O2/c1-3-31-21-18(13-27-31)20(29-17-8-10-30(11-9-17)23(25)33)19(12-26-21)22(32)28-14(2)15-4-6-16(24)7-5-15/h4-7,12-14,17H,3,8-11H2,1-2H3,(H2,25,33)(H,26,29)(H,28,32)/t14-/m1/s1. The summed E-state index contributed by atoms with van der Waals surface area (Å²) >= 11 is 3.44. The van der Waals surface area contributed by atoms with Crippen molar-refractivity contribution >= 4 is 44.6 Å². The van der Waals surface area contributed by atoms with Crippen LogP contribution < -0.4 is 16.4 Å². The van der Waals surface area contributed by atoms with E-state index in [-0.39, 0.29) is 18.0 Å². The Labute approximate surface area is 200 Å². The van der Waals surface area contributed by atoms with Gasteiger partial charge in [0.1, 0.15) is 0 Å². The molecule has 3 aromatic rings. The Balaban J connectivity index is 1.61. The summed E-state index contributed by atoms with van der Waals surface area (Å²) in [5.74, 6) is -0.207. The molecule has 1 saturated heterocycles. The summed E-state index contributed by atoms with van der Waals surface area (Å²) in [4.78, 5) is 31.0. The van der Waals surface area contributed by atoms with E-state index in [1.54, 1.807) is 17.3 Å². The van der Waals surface area contributed by atoms with Crippen LogP contribution in [0.1, 0.15) is 48.7 Å². The van der Waals surface area contributed by atoms with Crippen LogP contribution in [0.3, 0.4) is 0 Å². The number of nitrogens with two attached hydrogens (primary N) is 1. The maximum absolute atomic E-state index is 13.3. The number of fused-ring (bicyclic) bond motifs is 1. The van der Waals surface area contributed by atoms with Crippen LogP contribution in [0.4, 0.5) is 10.5 Å². The molecule has 0 aliphatic carbocycles. The maximum atomic E-state index is 13.3. The number of likely N-dealkylation sites (tertiary alicyclic amines) is 1. The molecule has 4 N–H and O–H groups in total. The molecule has 0 bridgehead atoms. The minimum Gasteiger partial charge on any atom is -0.381 e. The summed E-state index contributed by atoms with van der Waals surface area (Å²) in [7, 11) is 0. The molecule has 1 aliphatic rings. The van der Waals surface area contributed by atoms with Crippen molar-refractivity contribution in [2.45, 2.75) is 45.3 Å². The van der Waals surface area contributed by atoms with E-state index in [0.29, 0.717) is 25.2 Å². The number of primary amides is 1. The highest BCUT2D eigenvalue weighted by molar-refractivity contribution is 9.10. The second kappa shape index (κ2) is 9.78. The third kappa shape index (κ3) is 4.95. The van der Waals surface area contributed by atoms with Gasteiger partial charge in [-0.1, -0.05) is 28.1 Å². The monoisotopic (exact) mass is 513 g/mol. The maximum Gasteiger partial charge on any atom is 0.314 e. The number of halogens is 1. The molecular weight excluding hydrogens is 486 g/mol. The molecule has 174 valence electrons. The summed E-state index contributed by atoms with van der Waals surface area (Å²) in [6, 6.07) is 7.40. The molecule has 1 fully saturated rings. The van der Waals surface area contributed by atoms with Gasteiger partial charge in [0, 0.05) is 36.3 Å². The Bertz CT molecular complexity index is 1150. The Morgan fingerprint density at radius 3 is 2.55 bits per heavy atom. The van der Waals surface area contributed by atoms with Crippen molar-refractivity contribution in [1.29, 1.82) is 0 Å². The van der Waals surface area contributed by atoms with E-state index in [4.69, 9.17) is 5.73 Å². The number of aryl methyl sites for hydroxylation is 1. The van der Waals surface area contributed by atoms with Crippen LogP contribution in [0.5, 0.6) is 0 Å². The molecule has 10 heteroatoms. The van der Waals surface area contributed by atoms with Gasteiger partial charge in [0.2, 0.25) is 0 Å². The first-order chi connectivity index (χ1) is 15.9. The van der Waals surface area contributed by atoms with Crippen LogP contribution in [0.15, 0.2) is 41.1 Å². The number of rotatable bonds is 6. The Morgan fingerprint density at radius 1 is 1.21 bits per heavy atom. The molecule has 33 heavy (non-hydrogen) atoms. The largest absolute Gasteiger partial charge is 0.381 e. The topological polar surface area (TPSA) is 118 Å². The lowest BCUT2D eigenvalue weighted by molar-refractivity contribution is 0.0940. The second-order valence-electron chi connectivity index (χ2n) is 8.24. The van der Waals surface area contributed by atoms with E-state index < -0.39 is 6.03 Å². The zero-order valence-electron chi connectivity index (χ0n) is 18.7. The quantitative estimate of drug-likeness (QED) is 0.464. The average Bonchev–Trinajstić information content (AvgIpc) is 3.23. The van der Waals surface area contributed by atoms with E-state index in [9.17, 15) is 9.59 Å². The van der Waals surface area contributed by atoms with Crippen molar-refractivity contribution in [2.24, 2.45) is 5.73 Å². The predicted octanol–water partition coefficient (Wildman–Crippen LogP) is 3.66. The van der Waals surface area contributed by atoms with Gasteiger partial charge in [-0.05, 0) is 44.4 Å². The normalized spacial score (nSPS) is 15.4. The lowest BCUT2D eigenvalue weighted by atomic mass is 10.0. The van der Waals surface area contributed by atoms with Crippen molar-refractivity contribution in [3.8, 4) is 0 Å².